The highest BCUT2D eigenvalue weighted by atomic mass is 35.5. The van der Waals surface area contributed by atoms with E-state index in [0.29, 0.717) is 6.42 Å². The van der Waals surface area contributed by atoms with Crippen LogP contribution in [-0.2, 0) is 10.0 Å². The van der Waals surface area contributed by atoms with E-state index in [-0.39, 0.29) is 5.75 Å². The molecule has 0 rings (SSSR count). The molecule has 68 valence electrons. The van der Waals surface area contributed by atoms with Crippen molar-refractivity contribution in [2.75, 3.05) is 5.75 Å². The minimum atomic E-state index is -3.18. The van der Waals surface area contributed by atoms with E-state index >= 15 is 0 Å². The van der Waals surface area contributed by atoms with Crippen molar-refractivity contribution in [3.05, 3.63) is 0 Å². The second-order valence-corrected chi connectivity index (χ2v) is 4.71. The van der Waals surface area contributed by atoms with E-state index in [1.165, 1.54) is 0 Å². The van der Waals surface area contributed by atoms with Gasteiger partial charge in [0.1, 0.15) is 0 Å². The Morgan fingerprint density at radius 1 is 1.27 bits per heavy atom. The number of sulfonamides is 1. The van der Waals surface area contributed by atoms with Crippen LogP contribution < -0.4 is 4.24 Å². The molecule has 0 aromatic rings. The van der Waals surface area contributed by atoms with Crippen LogP contribution in [0.5, 0.6) is 0 Å². The van der Waals surface area contributed by atoms with Gasteiger partial charge < -0.3 is 0 Å². The normalized spacial score (nSPS) is 11.8. The molecular weight excluding hydrogens is 186 g/mol. The fourth-order valence-electron chi connectivity index (χ4n) is 0.757. The minimum absolute atomic E-state index is 0.135. The number of halogens is 1. The quantitative estimate of drug-likeness (QED) is 0.522. The third kappa shape index (κ3) is 6.59. The Balaban J connectivity index is 3.39. The summed E-state index contributed by atoms with van der Waals surface area (Å²) in [7, 11) is -3.18. The first-order valence-corrected chi connectivity index (χ1v) is 5.75. The zero-order valence-electron chi connectivity index (χ0n) is 6.64. The largest absolute Gasteiger partial charge is 0.224 e. The van der Waals surface area contributed by atoms with Gasteiger partial charge in [-0.25, -0.2) is 8.42 Å². The number of unbranched alkanes of at least 4 members (excludes halogenated alkanes) is 3. The lowest BCUT2D eigenvalue weighted by atomic mass is 10.2. The van der Waals surface area contributed by atoms with E-state index in [9.17, 15) is 8.42 Å². The lowest BCUT2D eigenvalue weighted by molar-refractivity contribution is 0.587. The van der Waals surface area contributed by atoms with E-state index in [1.807, 2.05) is 0 Å². The standard InChI is InChI=1S/C6H14ClNO2S/c1-2-3-4-5-6-11(9,10)8-7/h8H,2-6H2,1H3. The van der Waals surface area contributed by atoms with Gasteiger partial charge >= 0.3 is 0 Å². The first-order valence-electron chi connectivity index (χ1n) is 3.72. The minimum Gasteiger partial charge on any atom is -0.211 e. The number of hydrogen-bond donors (Lipinski definition) is 1. The molecule has 0 saturated heterocycles. The summed E-state index contributed by atoms with van der Waals surface area (Å²) < 4.78 is 23.2. The van der Waals surface area contributed by atoms with Crippen LogP contribution in [0, 0.1) is 0 Å². The van der Waals surface area contributed by atoms with Gasteiger partial charge in [-0.2, -0.15) is 0 Å². The van der Waals surface area contributed by atoms with E-state index in [1.54, 1.807) is 4.24 Å². The van der Waals surface area contributed by atoms with Gasteiger partial charge in [-0.15, -0.1) is 4.24 Å². The Labute approximate surface area is 73.3 Å². The van der Waals surface area contributed by atoms with Crippen LogP contribution in [0.3, 0.4) is 0 Å². The van der Waals surface area contributed by atoms with Crippen LogP contribution in [0.4, 0.5) is 0 Å². The van der Waals surface area contributed by atoms with Crippen molar-refractivity contribution in [1.29, 1.82) is 0 Å². The topological polar surface area (TPSA) is 46.2 Å². The molecule has 0 atom stereocenters. The van der Waals surface area contributed by atoms with E-state index < -0.39 is 10.0 Å². The van der Waals surface area contributed by atoms with Crippen molar-refractivity contribution in [2.24, 2.45) is 0 Å². The average Bonchev–Trinajstić information content (AvgIpc) is 1.99. The van der Waals surface area contributed by atoms with Crippen LogP contribution in [0.1, 0.15) is 32.6 Å². The third-order valence-corrected chi connectivity index (χ3v) is 3.15. The van der Waals surface area contributed by atoms with Gasteiger partial charge in [-0.1, -0.05) is 26.2 Å². The molecule has 11 heavy (non-hydrogen) atoms. The fourth-order valence-corrected chi connectivity index (χ4v) is 1.65. The molecule has 0 bridgehead atoms. The van der Waals surface area contributed by atoms with Gasteiger partial charge in [0.25, 0.3) is 0 Å². The highest BCUT2D eigenvalue weighted by molar-refractivity contribution is 7.90. The monoisotopic (exact) mass is 199 g/mol. The molecule has 0 amide bonds. The predicted molar refractivity (Wildman–Crippen MR) is 46.9 cm³/mol. The van der Waals surface area contributed by atoms with Crippen LogP contribution in [-0.4, -0.2) is 14.2 Å². The van der Waals surface area contributed by atoms with Gasteiger partial charge in [0, 0.05) is 0 Å². The molecule has 3 nitrogen and oxygen atoms in total. The maximum absolute atomic E-state index is 10.7. The SMILES string of the molecule is CCCCCCS(=O)(=O)NCl. The Morgan fingerprint density at radius 2 is 1.91 bits per heavy atom. The van der Waals surface area contributed by atoms with Crippen molar-refractivity contribution >= 4 is 21.8 Å². The second kappa shape index (κ2) is 5.80. The van der Waals surface area contributed by atoms with E-state index in [0.717, 1.165) is 19.3 Å². The molecule has 0 aliphatic rings. The summed E-state index contributed by atoms with van der Waals surface area (Å²) in [6.45, 7) is 2.08. The zero-order chi connectivity index (χ0) is 8.74. The number of nitrogens with one attached hydrogen (secondary N) is 1. The van der Waals surface area contributed by atoms with Crippen molar-refractivity contribution in [1.82, 2.24) is 4.24 Å². The van der Waals surface area contributed by atoms with Crippen molar-refractivity contribution in [2.45, 2.75) is 32.6 Å². The van der Waals surface area contributed by atoms with Crippen molar-refractivity contribution < 1.29 is 8.42 Å². The Kier molecular flexibility index (Phi) is 5.91. The highest BCUT2D eigenvalue weighted by Gasteiger charge is 2.05. The Bertz CT molecular complexity index is 179. The molecule has 0 aromatic carbocycles. The van der Waals surface area contributed by atoms with Crippen LogP contribution in [0.25, 0.3) is 0 Å². The molecule has 0 saturated carbocycles. The second-order valence-electron chi connectivity index (χ2n) is 2.46. The molecule has 0 aliphatic heterocycles. The summed E-state index contributed by atoms with van der Waals surface area (Å²) in [6, 6.07) is 0. The van der Waals surface area contributed by atoms with Gasteiger partial charge in [0.2, 0.25) is 10.0 Å². The third-order valence-electron chi connectivity index (χ3n) is 1.38. The average molecular weight is 200 g/mol. The maximum atomic E-state index is 10.7. The summed E-state index contributed by atoms with van der Waals surface area (Å²) in [5.74, 6) is 0.135. The van der Waals surface area contributed by atoms with Gasteiger partial charge in [0.05, 0.1) is 5.75 Å². The summed E-state index contributed by atoms with van der Waals surface area (Å²) in [6.07, 6.45) is 3.83. The zero-order valence-corrected chi connectivity index (χ0v) is 8.21. The van der Waals surface area contributed by atoms with Gasteiger partial charge in [-0.05, 0) is 18.2 Å². The van der Waals surface area contributed by atoms with E-state index in [2.05, 4.69) is 6.92 Å². The maximum Gasteiger partial charge on any atom is 0.224 e. The predicted octanol–water partition coefficient (Wildman–Crippen LogP) is 1.64. The van der Waals surface area contributed by atoms with Gasteiger partial charge in [0.15, 0.2) is 0 Å². The summed E-state index contributed by atoms with van der Waals surface area (Å²) in [5.41, 5.74) is 0. The molecule has 1 N–H and O–H groups in total. The molecule has 0 heterocycles. The Morgan fingerprint density at radius 3 is 2.36 bits per heavy atom. The first-order chi connectivity index (χ1) is 5.12. The Hall–Kier alpha value is 0.200. The molecule has 5 heteroatoms. The molecule has 0 unspecified atom stereocenters. The first kappa shape index (κ1) is 11.2. The van der Waals surface area contributed by atoms with Crippen LogP contribution >= 0.6 is 11.8 Å². The highest BCUT2D eigenvalue weighted by Crippen LogP contribution is 2.01. The van der Waals surface area contributed by atoms with Crippen molar-refractivity contribution in [3.8, 4) is 0 Å². The lowest BCUT2D eigenvalue weighted by Gasteiger charge is -1.98. The van der Waals surface area contributed by atoms with Crippen LogP contribution in [0.2, 0.25) is 0 Å². The number of rotatable bonds is 6. The summed E-state index contributed by atoms with van der Waals surface area (Å²) >= 11 is 4.97. The molecule has 0 spiro atoms. The van der Waals surface area contributed by atoms with E-state index in [4.69, 9.17) is 11.8 Å². The fraction of sp³-hybridized carbons (Fsp3) is 1.00. The number of hydrogen-bond acceptors (Lipinski definition) is 2. The summed E-state index contributed by atoms with van der Waals surface area (Å²) in [5, 5.41) is 0. The molecular formula is C6H14ClNO2S. The molecule has 0 radical (unpaired) electrons. The molecule has 0 aliphatic carbocycles. The molecule has 0 fully saturated rings. The van der Waals surface area contributed by atoms with Gasteiger partial charge in [-0.3, -0.25) is 0 Å². The van der Waals surface area contributed by atoms with Crippen LogP contribution in [0.15, 0.2) is 0 Å². The lowest BCUT2D eigenvalue weighted by Crippen LogP contribution is -2.17. The molecule has 0 aromatic heterocycles. The summed E-state index contributed by atoms with van der Waals surface area (Å²) in [4.78, 5) is 0. The smallest absolute Gasteiger partial charge is 0.211 e. The van der Waals surface area contributed by atoms with Crippen molar-refractivity contribution in [3.63, 3.8) is 0 Å².